The van der Waals surface area contributed by atoms with Gasteiger partial charge in [-0.25, -0.2) is 9.18 Å². The SMILES string of the molecule is Cc1cc(F)ccc1[C@@H]1CN(C2CCN(C(=O)OC(C)(C)C)CC2)CC[C@H]1N(C)C(=O)c1ccc(Br)cc1. The van der Waals surface area contributed by atoms with Crippen molar-refractivity contribution >= 4 is 27.9 Å². The molecule has 0 saturated carbocycles. The summed E-state index contributed by atoms with van der Waals surface area (Å²) in [5, 5.41) is 0. The van der Waals surface area contributed by atoms with Crippen molar-refractivity contribution in [2.75, 3.05) is 33.2 Å². The van der Waals surface area contributed by atoms with Crippen molar-refractivity contribution < 1.29 is 18.7 Å². The van der Waals surface area contributed by atoms with Crippen molar-refractivity contribution in [2.45, 2.75) is 70.6 Å². The summed E-state index contributed by atoms with van der Waals surface area (Å²) in [5.74, 6) is -0.201. The minimum Gasteiger partial charge on any atom is -0.444 e. The van der Waals surface area contributed by atoms with E-state index in [1.165, 1.54) is 6.07 Å². The van der Waals surface area contributed by atoms with Crippen LogP contribution >= 0.6 is 15.9 Å². The predicted octanol–water partition coefficient (Wildman–Crippen LogP) is 6.23. The first-order valence-electron chi connectivity index (χ1n) is 13.4. The highest BCUT2D eigenvalue weighted by atomic mass is 79.9. The lowest BCUT2D eigenvalue weighted by atomic mass is 9.81. The number of ether oxygens (including phenoxy) is 1. The van der Waals surface area contributed by atoms with Gasteiger partial charge in [0.25, 0.3) is 5.91 Å². The predicted molar refractivity (Wildman–Crippen MR) is 151 cm³/mol. The summed E-state index contributed by atoms with van der Waals surface area (Å²) in [7, 11) is 1.88. The van der Waals surface area contributed by atoms with E-state index < -0.39 is 5.60 Å². The van der Waals surface area contributed by atoms with Gasteiger partial charge in [-0.1, -0.05) is 22.0 Å². The molecule has 2 aromatic carbocycles. The quantitative estimate of drug-likeness (QED) is 0.425. The second-order valence-corrected chi connectivity index (χ2v) is 12.5. The first-order valence-corrected chi connectivity index (χ1v) is 14.2. The Balaban J connectivity index is 1.50. The maximum atomic E-state index is 14.0. The van der Waals surface area contributed by atoms with Crippen LogP contribution in [0.3, 0.4) is 0 Å². The molecular formula is C30H39BrFN3O3. The highest BCUT2D eigenvalue weighted by Crippen LogP contribution is 2.35. The maximum Gasteiger partial charge on any atom is 0.410 e. The summed E-state index contributed by atoms with van der Waals surface area (Å²) in [4.78, 5) is 32.2. The molecule has 206 valence electrons. The number of nitrogens with zero attached hydrogens (tertiary/aromatic N) is 3. The van der Waals surface area contributed by atoms with Crippen LogP contribution in [0.4, 0.5) is 9.18 Å². The topological polar surface area (TPSA) is 53.1 Å². The van der Waals surface area contributed by atoms with Gasteiger partial charge in [0.2, 0.25) is 0 Å². The monoisotopic (exact) mass is 587 g/mol. The third kappa shape index (κ3) is 6.75. The number of carbonyl (C=O) groups is 2. The van der Waals surface area contributed by atoms with Crippen LogP contribution in [0.1, 0.15) is 67.4 Å². The van der Waals surface area contributed by atoms with Crippen molar-refractivity contribution in [3.05, 3.63) is 69.4 Å². The number of hydrogen-bond acceptors (Lipinski definition) is 4. The first kappa shape index (κ1) is 28.6. The van der Waals surface area contributed by atoms with Gasteiger partial charge >= 0.3 is 6.09 Å². The number of likely N-dealkylation sites (tertiary alicyclic amines) is 2. The van der Waals surface area contributed by atoms with Gasteiger partial charge in [-0.15, -0.1) is 0 Å². The Labute approximate surface area is 234 Å². The second kappa shape index (κ2) is 11.7. The van der Waals surface area contributed by atoms with E-state index in [2.05, 4.69) is 20.8 Å². The minimum atomic E-state index is -0.504. The molecule has 0 radical (unpaired) electrons. The summed E-state index contributed by atoms with van der Waals surface area (Å²) in [6.45, 7) is 10.6. The van der Waals surface area contributed by atoms with E-state index in [4.69, 9.17) is 4.74 Å². The number of likely N-dealkylation sites (N-methyl/N-ethyl adjacent to an activating group) is 1. The van der Waals surface area contributed by atoms with E-state index in [0.29, 0.717) is 24.7 Å². The summed E-state index contributed by atoms with van der Waals surface area (Å²) in [5.41, 5.74) is 2.14. The summed E-state index contributed by atoms with van der Waals surface area (Å²) < 4.78 is 20.5. The lowest BCUT2D eigenvalue weighted by Gasteiger charge is -2.47. The first-order chi connectivity index (χ1) is 17.9. The Morgan fingerprint density at radius 2 is 1.68 bits per heavy atom. The van der Waals surface area contributed by atoms with Gasteiger partial charge in [-0.3, -0.25) is 9.69 Å². The third-order valence-corrected chi connectivity index (χ3v) is 8.31. The summed E-state index contributed by atoms with van der Waals surface area (Å²) in [6, 6.07) is 12.8. The van der Waals surface area contributed by atoms with E-state index in [0.717, 1.165) is 48.0 Å². The normalized spacial score (nSPS) is 21.3. The molecule has 2 atom stereocenters. The van der Waals surface area contributed by atoms with Crippen molar-refractivity contribution in [3.8, 4) is 0 Å². The number of rotatable bonds is 4. The fourth-order valence-electron chi connectivity index (χ4n) is 5.81. The van der Waals surface area contributed by atoms with E-state index in [1.807, 2.05) is 70.0 Å². The van der Waals surface area contributed by atoms with Crippen molar-refractivity contribution in [1.29, 1.82) is 0 Å². The number of aryl methyl sites for hydroxylation is 1. The third-order valence-electron chi connectivity index (χ3n) is 7.78. The molecule has 2 amide bonds. The van der Waals surface area contributed by atoms with Gasteiger partial charge in [0.15, 0.2) is 0 Å². The number of amides is 2. The molecule has 0 bridgehead atoms. The van der Waals surface area contributed by atoms with Gasteiger partial charge in [0.1, 0.15) is 11.4 Å². The van der Waals surface area contributed by atoms with Crippen LogP contribution in [0.25, 0.3) is 0 Å². The molecular weight excluding hydrogens is 549 g/mol. The zero-order valence-electron chi connectivity index (χ0n) is 23.0. The van der Waals surface area contributed by atoms with Gasteiger partial charge < -0.3 is 14.5 Å². The number of halogens is 2. The molecule has 2 aliphatic rings. The molecule has 38 heavy (non-hydrogen) atoms. The molecule has 6 nitrogen and oxygen atoms in total. The molecule has 4 rings (SSSR count). The van der Waals surface area contributed by atoms with Crippen LogP contribution in [-0.2, 0) is 4.74 Å². The van der Waals surface area contributed by atoms with Crippen molar-refractivity contribution in [1.82, 2.24) is 14.7 Å². The summed E-state index contributed by atoms with van der Waals surface area (Å²) >= 11 is 3.44. The molecule has 2 aliphatic heterocycles. The van der Waals surface area contributed by atoms with Crippen LogP contribution in [0.2, 0.25) is 0 Å². The molecule has 2 saturated heterocycles. The Hall–Kier alpha value is -2.45. The van der Waals surface area contributed by atoms with Crippen LogP contribution in [-0.4, -0.2) is 77.6 Å². The van der Waals surface area contributed by atoms with Gasteiger partial charge in [0.05, 0.1) is 0 Å². The minimum absolute atomic E-state index is 0.00610. The molecule has 2 heterocycles. The lowest BCUT2D eigenvalue weighted by Crippen LogP contribution is -2.55. The van der Waals surface area contributed by atoms with Crippen LogP contribution in [0.5, 0.6) is 0 Å². The molecule has 0 aliphatic carbocycles. The van der Waals surface area contributed by atoms with Crippen molar-refractivity contribution in [3.63, 3.8) is 0 Å². The highest BCUT2D eigenvalue weighted by Gasteiger charge is 2.39. The number of hydrogen-bond donors (Lipinski definition) is 0. The van der Waals surface area contributed by atoms with Crippen LogP contribution in [0.15, 0.2) is 46.9 Å². The van der Waals surface area contributed by atoms with Crippen LogP contribution in [0, 0.1) is 12.7 Å². The Morgan fingerprint density at radius 3 is 2.29 bits per heavy atom. The molecule has 0 aromatic heterocycles. The van der Waals surface area contributed by atoms with E-state index >= 15 is 0 Å². The van der Waals surface area contributed by atoms with Gasteiger partial charge in [-0.05, 0) is 94.5 Å². The highest BCUT2D eigenvalue weighted by molar-refractivity contribution is 9.10. The van der Waals surface area contributed by atoms with E-state index in [1.54, 1.807) is 11.0 Å². The lowest BCUT2D eigenvalue weighted by molar-refractivity contribution is 0.00897. The smallest absolute Gasteiger partial charge is 0.410 e. The Morgan fingerprint density at radius 1 is 1.03 bits per heavy atom. The molecule has 0 N–H and O–H groups in total. The average molecular weight is 589 g/mol. The maximum absolute atomic E-state index is 14.0. The van der Waals surface area contributed by atoms with Gasteiger partial charge in [-0.2, -0.15) is 0 Å². The average Bonchev–Trinajstić information content (AvgIpc) is 2.87. The molecule has 2 fully saturated rings. The fourth-order valence-corrected chi connectivity index (χ4v) is 6.07. The van der Waals surface area contributed by atoms with E-state index in [-0.39, 0.29) is 29.8 Å². The Kier molecular flexibility index (Phi) is 8.82. The van der Waals surface area contributed by atoms with Crippen LogP contribution < -0.4 is 0 Å². The zero-order valence-corrected chi connectivity index (χ0v) is 24.6. The molecule has 0 spiro atoms. The Bertz CT molecular complexity index is 1140. The number of benzene rings is 2. The number of piperidine rings is 2. The van der Waals surface area contributed by atoms with E-state index in [9.17, 15) is 14.0 Å². The molecule has 8 heteroatoms. The van der Waals surface area contributed by atoms with Crippen molar-refractivity contribution in [2.24, 2.45) is 0 Å². The fraction of sp³-hybridized carbons (Fsp3) is 0.533. The largest absolute Gasteiger partial charge is 0.444 e. The number of carbonyl (C=O) groups excluding carboxylic acids is 2. The molecule has 0 unspecified atom stereocenters. The molecule has 2 aromatic rings. The zero-order chi connectivity index (χ0) is 27.6. The summed E-state index contributed by atoms with van der Waals surface area (Å²) in [6.07, 6.45) is 2.34. The van der Waals surface area contributed by atoms with Gasteiger partial charge in [0, 0.05) is 61.3 Å². The standard InChI is InChI=1S/C30H39BrFN3O3/c1-20-18-23(32)10-11-25(20)26-19-35(24-12-15-34(16-13-24)29(37)38-30(2,3)4)17-14-27(26)33(5)28(36)21-6-8-22(31)9-7-21/h6-11,18,24,26-27H,12-17,19H2,1-5H3/t26-,27+/m0/s1. The second-order valence-electron chi connectivity index (χ2n) is 11.6.